The molecule has 3 rings (SSSR count). The van der Waals surface area contributed by atoms with Crippen LogP contribution < -0.4 is 14.4 Å². The van der Waals surface area contributed by atoms with Gasteiger partial charge < -0.3 is 10.1 Å². The zero-order valence-electron chi connectivity index (χ0n) is 19.2. The number of amides is 1. The minimum absolute atomic E-state index is 0.0243. The number of ether oxygens (including phenoxy) is 1. The van der Waals surface area contributed by atoms with E-state index >= 15 is 0 Å². The number of hydrogen-bond acceptors (Lipinski definition) is 6. The normalized spacial score (nSPS) is 15.6. The smallest absolute Gasteiger partial charge is 0.248 e. The number of sulfonamides is 2. The Balaban J connectivity index is 1.96. The highest BCUT2D eigenvalue weighted by molar-refractivity contribution is 7.92. The lowest BCUT2D eigenvalue weighted by Crippen LogP contribution is -2.47. The molecule has 2 aromatic carbocycles. The molecule has 1 aliphatic rings. The molecule has 186 valence electrons. The largest absolute Gasteiger partial charge is 0.495 e. The fraction of sp³-hybridized carbons (Fsp3) is 0.409. The van der Waals surface area contributed by atoms with E-state index in [-0.39, 0.29) is 28.4 Å². The lowest BCUT2D eigenvalue weighted by molar-refractivity contribution is -0.117. The fourth-order valence-electron chi connectivity index (χ4n) is 3.89. The molecule has 1 atom stereocenters. The van der Waals surface area contributed by atoms with Gasteiger partial charge in [0.15, 0.2) is 0 Å². The molecular formula is C22H28ClN3O6S2. The maximum atomic E-state index is 13.3. The Bertz CT molecular complexity index is 1240. The quantitative estimate of drug-likeness (QED) is 0.533. The van der Waals surface area contributed by atoms with Crippen molar-refractivity contribution < 1.29 is 26.4 Å². The van der Waals surface area contributed by atoms with Crippen LogP contribution in [-0.2, 0) is 24.8 Å². The van der Waals surface area contributed by atoms with Crippen molar-refractivity contribution in [1.29, 1.82) is 0 Å². The number of benzene rings is 2. The minimum atomic E-state index is -3.84. The summed E-state index contributed by atoms with van der Waals surface area (Å²) in [6, 6.07) is 9.24. The summed E-state index contributed by atoms with van der Waals surface area (Å²) in [6.45, 7) is 2.57. The van der Waals surface area contributed by atoms with E-state index in [0.717, 1.165) is 23.4 Å². The maximum absolute atomic E-state index is 13.3. The first-order chi connectivity index (χ1) is 16.0. The standard InChI is InChI=1S/C22H28ClN3O6S2/c1-4-20(26(33(3,28)29)17-9-7-16(23)8-10-17)22(27)24-19-15-18(11-12-21(19)32-2)34(30,31)25-13-5-6-14-25/h7-12,15,20H,4-6,13-14H2,1-3H3,(H,24,27)/t20-/m1/s1. The summed E-state index contributed by atoms with van der Waals surface area (Å²) >= 11 is 5.93. The van der Waals surface area contributed by atoms with Gasteiger partial charge in [-0.2, -0.15) is 4.31 Å². The third kappa shape index (κ3) is 5.65. The third-order valence-corrected chi connectivity index (χ3v) is 8.87. The van der Waals surface area contributed by atoms with E-state index < -0.39 is 32.0 Å². The Hall–Kier alpha value is -2.34. The van der Waals surface area contributed by atoms with Gasteiger partial charge in [-0.05, 0) is 61.7 Å². The van der Waals surface area contributed by atoms with E-state index in [2.05, 4.69) is 5.32 Å². The molecule has 9 nitrogen and oxygen atoms in total. The first kappa shape index (κ1) is 26.3. The topological polar surface area (TPSA) is 113 Å². The monoisotopic (exact) mass is 529 g/mol. The molecule has 0 bridgehead atoms. The summed E-state index contributed by atoms with van der Waals surface area (Å²) in [7, 11) is -6.17. The van der Waals surface area contributed by atoms with Gasteiger partial charge in [0.25, 0.3) is 0 Å². The van der Waals surface area contributed by atoms with Gasteiger partial charge in [-0.3, -0.25) is 9.10 Å². The van der Waals surface area contributed by atoms with Crippen LogP contribution in [-0.4, -0.2) is 59.5 Å². The van der Waals surface area contributed by atoms with Gasteiger partial charge in [0.2, 0.25) is 26.0 Å². The second-order valence-corrected chi connectivity index (χ2v) is 12.2. The Kier molecular flexibility index (Phi) is 8.12. The lowest BCUT2D eigenvalue weighted by Gasteiger charge is -2.30. The Morgan fingerprint density at radius 2 is 1.74 bits per heavy atom. The number of hydrogen-bond donors (Lipinski definition) is 1. The van der Waals surface area contributed by atoms with Crippen LogP contribution in [0.25, 0.3) is 0 Å². The van der Waals surface area contributed by atoms with Gasteiger partial charge in [0.1, 0.15) is 11.8 Å². The average Bonchev–Trinajstić information content (AvgIpc) is 3.33. The van der Waals surface area contributed by atoms with Gasteiger partial charge in [0.05, 0.1) is 29.6 Å². The predicted molar refractivity (Wildman–Crippen MR) is 132 cm³/mol. The molecule has 2 aromatic rings. The molecule has 0 aliphatic carbocycles. The number of nitrogens with one attached hydrogen (secondary N) is 1. The molecule has 0 saturated carbocycles. The molecule has 1 amide bonds. The van der Waals surface area contributed by atoms with Crippen LogP contribution in [0.15, 0.2) is 47.4 Å². The predicted octanol–water partition coefficient (Wildman–Crippen LogP) is 3.32. The average molecular weight is 530 g/mol. The Labute approximate surface area is 205 Å². The van der Waals surface area contributed by atoms with Crippen molar-refractivity contribution in [2.24, 2.45) is 0 Å². The van der Waals surface area contributed by atoms with Crippen LogP contribution in [0.3, 0.4) is 0 Å². The zero-order valence-corrected chi connectivity index (χ0v) is 21.6. The molecule has 0 radical (unpaired) electrons. The molecule has 1 aliphatic heterocycles. The first-order valence-corrected chi connectivity index (χ1v) is 14.4. The summed E-state index contributed by atoms with van der Waals surface area (Å²) in [4.78, 5) is 13.3. The molecule has 0 aromatic heterocycles. The van der Waals surface area contributed by atoms with Crippen molar-refractivity contribution >= 4 is 48.9 Å². The number of nitrogens with zero attached hydrogens (tertiary/aromatic N) is 2. The van der Waals surface area contributed by atoms with Crippen molar-refractivity contribution in [1.82, 2.24) is 4.31 Å². The number of carbonyl (C=O) groups is 1. The van der Waals surface area contributed by atoms with Crippen LogP contribution in [0.2, 0.25) is 5.02 Å². The first-order valence-electron chi connectivity index (χ1n) is 10.7. The van der Waals surface area contributed by atoms with Gasteiger partial charge in [-0.15, -0.1) is 0 Å². The van der Waals surface area contributed by atoms with Crippen LogP contribution in [0.1, 0.15) is 26.2 Å². The number of rotatable bonds is 9. The summed E-state index contributed by atoms with van der Waals surface area (Å²) in [5.74, 6) is -0.377. The van der Waals surface area contributed by atoms with E-state index in [9.17, 15) is 21.6 Å². The molecular weight excluding hydrogens is 502 g/mol. The highest BCUT2D eigenvalue weighted by Crippen LogP contribution is 2.31. The van der Waals surface area contributed by atoms with Gasteiger partial charge in [0, 0.05) is 18.1 Å². The minimum Gasteiger partial charge on any atom is -0.495 e. The maximum Gasteiger partial charge on any atom is 0.248 e. The summed E-state index contributed by atoms with van der Waals surface area (Å²) in [5.41, 5.74) is 0.419. The number of methoxy groups -OCH3 is 1. The molecule has 1 heterocycles. The SMILES string of the molecule is CC[C@H](C(=O)Nc1cc(S(=O)(=O)N2CCCC2)ccc1OC)N(c1ccc(Cl)cc1)S(C)(=O)=O. The van der Waals surface area contributed by atoms with E-state index in [1.54, 1.807) is 6.92 Å². The second kappa shape index (κ2) is 10.5. The van der Waals surface area contributed by atoms with Crippen molar-refractivity contribution in [3.8, 4) is 5.75 Å². The van der Waals surface area contributed by atoms with Crippen molar-refractivity contribution in [3.63, 3.8) is 0 Å². The highest BCUT2D eigenvalue weighted by Gasteiger charge is 2.33. The van der Waals surface area contributed by atoms with Crippen LogP contribution in [0.5, 0.6) is 5.75 Å². The molecule has 1 N–H and O–H groups in total. The number of anilines is 2. The van der Waals surface area contributed by atoms with Gasteiger partial charge >= 0.3 is 0 Å². The van der Waals surface area contributed by atoms with E-state index in [4.69, 9.17) is 16.3 Å². The summed E-state index contributed by atoms with van der Waals surface area (Å²) in [5, 5.41) is 3.10. The second-order valence-electron chi connectivity index (χ2n) is 7.92. The van der Waals surface area contributed by atoms with Crippen LogP contribution >= 0.6 is 11.6 Å². The van der Waals surface area contributed by atoms with Crippen molar-refractivity contribution in [2.75, 3.05) is 36.1 Å². The van der Waals surface area contributed by atoms with Gasteiger partial charge in [-0.1, -0.05) is 18.5 Å². The zero-order chi connectivity index (χ0) is 25.1. The number of halogens is 1. The lowest BCUT2D eigenvalue weighted by atomic mass is 10.1. The van der Waals surface area contributed by atoms with Crippen LogP contribution in [0.4, 0.5) is 11.4 Å². The van der Waals surface area contributed by atoms with E-state index in [1.165, 1.54) is 53.9 Å². The molecule has 12 heteroatoms. The Morgan fingerprint density at radius 3 is 2.26 bits per heavy atom. The summed E-state index contributed by atoms with van der Waals surface area (Å²) in [6.07, 6.45) is 2.77. The Morgan fingerprint density at radius 1 is 1.12 bits per heavy atom. The summed E-state index contributed by atoms with van der Waals surface area (Å²) < 4.78 is 59.0. The van der Waals surface area contributed by atoms with Crippen molar-refractivity contribution in [3.05, 3.63) is 47.5 Å². The highest BCUT2D eigenvalue weighted by atomic mass is 35.5. The third-order valence-electron chi connectivity index (χ3n) is 5.54. The van der Waals surface area contributed by atoms with Crippen LogP contribution in [0, 0.1) is 0 Å². The van der Waals surface area contributed by atoms with E-state index in [0.29, 0.717) is 18.1 Å². The molecule has 1 saturated heterocycles. The molecule has 34 heavy (non-hydrogen) atoms. The van der Waals surface area contributed by atoms with E-state index in [1.807, 2.05) is 0 Å². The number of carbonyl (C=O) groups excluding carboxylic acids is 1. The van der Waals surface area contributed by atoms with Crippen molar-refractivity contribution in [2.45, 2.75) is 37.1 Å². The fourth-order valence-corrected chi connectivity index (χ4v) is 6.77. The molecule has 0 spiro atoms. The molecule has 0 unspecified atom stereocenters. The van der Waals surface area contributed by atoms with Gasteiger partial charge in [-0.25, -0.2) is 16.8 Å². The molecule has 1 fully saturated rings.